The summed E-state index contributed by atoms with van der Waals surface area (Å²) >= 11 is 0. The molecule has 0 radical (unpaired) electrons. The number of hydrogen-bond acceptors (Lipinski definition) is 5. The van der Waals surface area contributed by atoms with Crippen LogP contribution < -0.4 is 10.1 Å². The van der Waals surface area contributed by atoms with Crippen LogP contribution in [0.5, 0.6) is 5.75 Å². The van der Waals surface area contributed by atoms with Crippen LogP contribution in [0.2, 0.25) is 0 Å². The molecule has 0 amide bonds. The number of hydrogen-bond donors (Lipinski definition) is 3. The first kappa shape index (κ1) is 15.9. The Morgan fingerprint density at radius 2 is 1.89 bits per heavy atom. The number of methoxy groups -OCH3 is 2. The van der Waals surface area contributed by atoms with E-state index in [0.29, 0.717) is 6.61 Å². The highest BCUT2D eigenvalue weighted by molar-refractivity contribution is 5.38. The Kier molecular flexibility index (Phi) is 6.80. The number of aliphatic hydroxyl groups excluding tert-OH is 2. The second kappa shape index (κ2) is 8.12. The maximum atomic E-state index is 9.08. The van der Waals surface area contributed by atoms with Gasteiger partial charge in [-0.05, 0) is 24.6 Å². The van der Waals surface area contributed by atoms with Gasteiger partial charge in [-0.15, -0.1) is 0 Å². The van der Waals surface area contributed by atoms with Gasteiger partial charge in [0.2, 0.25) is 0 Å². The minimum Gasteiger partial charge on any atom is -0.496 e. The molecular formula is C14H23NO4. The second-order valence-corrected chi connectivity index (χ2v) is 4.45. The molecule has 1 unspecified atom stereocenters. The van der Waals surface area contributed by atoms with Crippen molar-refractivity contribution in [2.24, 2.45) is 0 Å². The monoisotopic (exact) mass is 269 g/mol. The van der Waals surface area contributed by atoms with Gasteiger partial charge in [0.25, 0.3) is 0 Å². The fourth-order valence-electron chi connectivity index (χ4n) is 1.95. The molecule has 5 nitrogen and oxygen atoms in total. The standard InChI is InChI=1S/C14H23NO4/c1-10(15-13(7-16)8-17)11-4-5-14(19-3)12(6-11)9-18-2/h4-6,10,13,15-17H,7-9H2,1-3H3. The van der Waals surface area contributed by atoms with Crippen molar-refractivity contribution in [1.82, 2.24) is 5.32 Å². The van der Waals surface area contributed by atoms with Crippen LogP contribution in [-0.2, 0) is 11.3 Å². The van der Waals surface area contributed by atoms with Gasteiger partial charge in [-0.25, -0.2) is 0 Å². The predicted molar refractivity (Wildman–Crippen MR) is 73.2 cm³/mol. The van der Waals surface area contributed by atoms with Gasteiger partial charge in [0, 0.05) is 18.7 Å². The molecule has 0 saturated heterocycles. The highest BCUT2D eigenvalue weighted by Gasteiger charge is 2.13. The van der Waals surface area contributed by atoms with E-state index in [4.69, 9.17) is 19.7 Å². The maximum absolute atomic E-state index is 9.08. The molecule has 0 saturated carbocycles. The van der Waals surface area contributed by atoms with E-state index in [1.807, 2.05) is 25.1 Å². The molecule has 0 aliphatic rings. The quantitative estimate of drug-likeness (QED) is 0.652. The van der Waals surface area contributed by atoms with Crippen molar-refractivity contribution in [1.29, 1.82) is 0 Å². The normalized spacial score (nSPS) is 12.7. The zero-order valence-electron chi connectivity index (χ0n) is 11.7. The highest BCUT2D eigenvalue weighted by Crippen LogP contribution is 2.24. The van der Waals surface area contributed by atoms with Crippen molar-refractivity contribution < 1.29 is 19.7 Å². The summed E-state index contributed by atoms with van der Waals surface area (Å²) in [4.78, 5) is 0. The number of benzene rings is 1. The highest BCUT2D eigenvalue weighted by atomic mass is 16.5. The number of nitrogens with one attached hydrogen (secondary N) is 1. The van der Waals surface area contributed by atoms with Crippen LogP contribution in [-0.4, -0.2) is 43.7 Å². The fourth-order valence-corrected chi connectivity index (χ4v) is 1.95. The van der Waals surface area contributed by atoms with Crippen molar-refractivity contribution in [3.8, 4) is 5.75 Å². The summed E-state index contributed by atoms with van der Waals surface area (Å²) in [5.41, 5.74) is 2.03. The van der Waals surface area contributed by atoms with Crippen molar-refractivity contribution in [3.63, 3.8) is 0 Å². The SMILES string of the molecule is COCc1cc(C(C)NC(CO)CO)ccc1OC. The fraction of sp³-hybridized carbons (Fsp3) is 0.571. The Bertz CT molecular complexity index is 380. The van der Waals surface area contributed by atoms with Gasteiger partial charge < -0.3 is 25.0 Å². The van der Waals surface area contributed by atoms with Crippen LogP contribution in [0.15, 0.2) is 18.2 Å². The molecule has 19 heavy (non-hydrogen) atoms. The molecule has 3 N–H and O–H groups in total. The average Bonchev–Trinajstić information content (AvgIpc) is 2.44. The molecular weight excluding hydrogens is 246 g/mol. The van der Waals surface area contributed by atoms with E-state index in [1.54, 1.807) is 14.2 Å². The smallest absolute Gasteiger partial charge is 0.124 e. The lowest BCUT2D eigenvalue weighted by Gasteiger charge is -2.21. The molecule has 0 spiro atoms. The minimum absolute atomic E-state index is 0.0193. The first-order chi connectivity index (χ1) is 9.15. The molecule has 0 aromatic heterocycles. The summed E-state index contributed by atoms with van der Waals surface area (Å²) in [5.74, 6) is 0.790. The second-order valence-electron chi connectivity index (χ2n) is 4.45. The minimum atomic E-state index is -0.317. The predicted octanol–water partition coefficient (Wildman–Crippen LogP) is 0.845. The van der Waals surface area contributed by atoms with Crippen molar-refractivity contribution in [2.45, 2.75) is 25.6 Å². The Hall–Kier alpha value is -1.14. The number of rotatable bonds is 8. The molecule has 0 fully saturated rings. The Balaban J connectivity index is 2.85. The van der Waals surface area contributed by atoms with Crippen LogP contribution in [0, 0.1) is 0 Å². The lowest BCUT2D eigenvalue weighted by Crippen LogP contribution is -2.37. The third kappa shape index (κ3) is 4.47. The van der Waals surface area contributed by atoms with Crippen LogP contribution in [0.4, 0.5) is 0 Å². The first-order valence-corrected chi connectivity index (χ1v) is 6.29. The van der Waals surface area contributed by atoms with Crippen LogP contribution in [0.3, 0.4) is 0 Å². The number of aliphatic hydroxyl groups is 2. The summed E-state index contributed by atoms with van der Waals surface area (Å²) in [6.07, 6.45) is 0. The summed E-state index contributed by atoms with van der Waals surface area (Å²) in [5, 5.41) is 21.3. The van der Waals surface area contributed by atoms with Gasteiger partial charge in [-0.2, -0.15) is 0 Å². The van der Waals surface area contributed by atoms with E-state index < -0.39 is 0 Å². The zero-order chi connectivity index (χ0) is 14.3. The van der Waals surface area contributed by atoms with Crippen molar-refractivity contribution in [3.05, 3.63) is 29.3 Å². The number of ether oxygens (including phenoxy) is 2. The van der Waals surface area contributed by atoms with E-state index in [2.05, 4.69) is 5.32 Å². The summed E-state index contributed by atoms with van der Waals surface area (Å²) in [7, 11) is 3.27. The summed E-state index contributed by atoms with van der Waals surface area (Å²) in [6, 6.07) is 5.57. The van der Waals surface area contributed by atoms with Crippen LogP contribution in [0.25, 0.3) is 0 Å². The Labute approximate surface area is 114 Å². The third-order valence-electron chi connectivity index (χ3n) is 3.03. The van der Waals surface area contributed by atoms with Gasteiger partial charge in [-0.3, -0.25) is 0 Å². The molecule has 0 heterocycles. The maximum Gasteiger partial charge on any atom is 0.124 e. The first-order valence-electron chi connectivity index (χ1n) is 6.29. The van der Waals surface area contributed by atoms with Crippen molar-refractivity contribution in [2.75, 3.05) is 27.4 Å². The van der Waals surface area contributed by atoms with E-state index >= 15 is 0 Å². The van der Waals surface area contributed by atoms with Gasteiger partial charge >= 0.3 is 0 Å². The van der Waals surface area contributed by atoms with Crippen LogP contribution in [0.1, 0.15) is 24.1 Å². The van der Waals surface area contributed by atoms with Crippen LogP contribution >= 0.6 is 0 Å². The van der Waals surface area contributed by atoms with Gasteiger partial charge in [0.1, 0.15) is 5.75 Å². The largest absolute Gasteiger partial charge is 0.496 e. The molecule has 1 aromatic carbocycles. The average molecular weight is 269 g/mol. The summed E-state index contributed by atoms with van der Waals surface area (Å²) < 4.78 is 10.4. The van der Waals surface area contributed by atoms with Gasteiger partial charge in [-0.1, -0.05) is 6.07 Å². The molecule has 0 aliphatic heterocycles. The lowest BCUT2D eigenvalue weighted by atomic mass is 10.0. The van der Waals surface area contributed by atoms with Gasteiger partial charge in [0.05, 0.1) is 33.0 Å². The Morgan fingerprint density at radius 1 is 1.21 bits per heavy atom. The lowest BCUT2D eigenvalue weighted by molar-refractivity contribution is 0.163. The molecule has 1 atom stereocenters. The topological polar surface area (TPSA) is 71.0 Å². The van der Waals surface area contributed by atoms with E-state index in [9.17, 15) is 0 Å². The van der Waals surface area contributed by atoms with E-state index in [-0.39, 0.29) is 25.3 Å². The zero-order valence-corrected chi connectivity index (χ0v) is 11.7. The van der Waals surface area contributed by atoms with Gasteiger partial charge in [0.15, 0.2) is 0 Å². The molecule has 1 aromatic rings. The molecule has 0 bridgehead atoms. The van der Waals surface area contributed by atoms with E-state index in [0.717, 1.165) is 16.9 Å². The van der Waals surface area contributed by atoms with Crippen molar-refractivity contribution >= 4 is 0 Å². The molecule has 0 aliphatic carbocycles. The molecule has 5 heteroatoms. The van der Waals surface area contributed by atoms with E-state index in [1.165, 1.54) is 0 Å². The Morgan fingerprint density at radius 3 is 2.42 bits per heavy atom. The third-order valence-corrected chi connectivity index (χ3v) is 3.03. The molecule has 108 valence electrons. The summed E-state index contributed by atoms with van der Waals surface area (Å²) in [6.45, 7) is 2.27. The molecule has 1 rings (SSSR count).